The molecule has 2 aliphatic carbocycles. The van der Waals surface area contributed by atoms with Gasteiger partial charge in [-0.3, -0.25) is 4.99 Å². The molecule has 0 saturated heterocycles. The number of carbonyl (C=O) groups is 1. The molecule has 1 aromatic rings. The molecule has 202 valence electrons. The summed E-state index contributed by atoms with van der Waals surface area (Å²) in [5, 5.41) is 3.42. The third-order valence-electron chi connectivity index (χ3n) is 7.54. The van der Waals surface area contributed by atoms with Crippen molar-refractivity contribution in [2.24, 2.45) is 4.99 Å². The number of hydrogen-bond donors (Lipinski definition) is 1. The summed E-state index contributed by atoms with van der Waals surface area (Å²) >= 11 is 0. The van der Waals surface area contributed by atoms with Gasteiger partial charge in [0.15, 0.2) is 0 Å². The molecular weight excluding hydrogens is 464 g/mol. The number of dihydropyridines is 1. The van der Waals surface area contributed by atoms with E-state index < -0.39 is 0 Å². The molecule has 1 aromatic carbocycles. The smallest absolute Gasteiger partial charge is 0.121 e. The molecule has 0 radical (unpaired) electrons. The zero-order valence-corrected chi connectivity index (χ0v) is 24.1. The van der Waals surface area contributed by atoms with Crippen molar-refractivity contribution in [3.63, 3.8) is 0 Å². The summed E-state index contributed by atoms with van der Waals surface area (Å²) in [6, 6.07) is 6.66. The molecule has 0 spiro atoms. The van der Waals surface area contributed by atoms with Crippen LogP contribution in [0.5, 0.6) is 0 Å². The topological polar surface area (TPSA) is 41.5 Å². The largest absolute Gasteiger partial charge is 0.385 e. The summed E-state index contributed by atoms with van der Waals surface area (Å²) in [7, 11) is 0. The second-order valence-electron chi connectivity index (χ2n) is 10.5. The Morgan fingerprint density at radius 1 is 1.05 bits per heavy atom. The van der Waals surface area contributed by atoms with Gasteiger partial charge in [-0.25, -0.2) is 0 Å². The van der Waals surface area contributed by atoms with Crippen molar-refractivity contribution < 1.29 is 4.79 Å². The number of aliphatic imine (C=N–C) groups is 1. The number of carbonyl (C=O) groups excluding carboxylic acids is 1. The van der Waals surface area contributed by atoms with Crippen molar-refractivity contribution in [2.75, 3.05) is 18.4 Å². The maximum absolute atomic E-state index is 10.8. The molecule has 3 aliphatic rings. The fourth-order valence-corrected chi connectivity index (χ4v) is 4.83. The van der Waals surface area contributed by atoms with Gasteiger partial charge < -0.3 is 10.1 Å². The van der Waals surface area contributed by atoms with E-state index in [4.69, 9.17) is 4.99 Å². The van der Waals surface area contributed by atoms with Gasteiger partial charge in [0.1, 0.15) is 6.29 Å². The number of rotatable bonds is 7. The summed E-state index contributed by atoms with van der Waals surface area (Å²) in [6.45, 7) is 12.6. The zero-order valence-electron chi connectivity index (χ0n) is 24.1. The van der Waals surface area contributed by atoms with E-state index in [0.717, 1.165) is 49.9 Å². The minimum atomic E-state index is 0.433. The number of allylic oxidation sites excluding steroid dienone is 11. The van der Waals surface area contributed by atoms with Crippen molar-refractivity contribution in [3.8, 4) is 0 Å². The third kappa shape index (κ3) is 7.90. The first-order valence-electron chi connectivity index (χ1n) is 14.5. The van der Waals surface area contributed by atoms with Gasteiger partial charge in [-0.15, -0.1) is 0 Å². The lowest BCUT2D eigenvalue weighted by Crippen LogP contribution is -2.15. The monoisotopic (exact) mass is 510 g/mol. The van der Waals surface area contributed by atoms with Gasteiger partial charge in [0, 0.05) is 30.8 Å². The first-order valence-corrected chi connectivity index (χ1v) is 14.5. The summed E-state index contributed by atoms with van der Waals surface area (Å²) in [4.78, 5) is 15.9. The van der Waals surface area contributed by atoms with Crippen molar-refractivity contribution in [2.45, 2.75) is 85.5 Å². The van der Waals surface area contributed by atoms with Gasteiger partial charge in [0.25, 0.3) is 0 Å². The lowest BCUT2D eigenvalue weighted by molar-refractivity contribution is -0.107. The number of hydrogen-bond acceptors (Lipinski definition) is 3. The molecule has 1 unspecified atom stereocenters. The highest BCUT2D eigenvalue weighted by molar-refractivity contribution is 6.22. The molecule has 38 heavy (non-hydrogen) atoms. The van der Waals surface area contributed by atoms with E-state index in [2.05, 4.69) is 101 Å². The Hall–Kier alpha value is -3.20. The molecule has 1 N–H and O–H groups in total. The van der Waals surface area contributed by atoms with Crippen LogP contribution in [0.4, 0.5) is 5.69 Å². The van der Waals surface area contributed by atoms with Crippen LogP contribution in [0.3, 0.4) is 0 Å². The predicted molar refractivity (Wildman–Crippen MR) is 166 cm³/mol. The van der Waals surface area contributed by atoms with E-state index in [1.54, 1.807) is 0 Å². The van der Waals surface area contributed by atoms with Crippen LogP contribution in [0.1, 0.15) is 96.6 Å². The van der Waals surface area contributed by atoms with Crippen molar-refractivity contribution in [3.05, 3.63) is 94.2 Å². The van der Waals surface area contributed by atoms with Crippen LogP contribution in [-0.4, -0.2) is 25.1 Å². The maximum Gasteiger partial charge on any atom is 0.121 e. The van der Waals surface area contributed by atoms with Crippen LogP contribution in [0.2, 0.25) is 0 Å². The first kappa shape index (κ1) is 29.4. The fraction of sp³-hybridized carbons (Fsp3) is 0.429. The minimum absolute atomic E-state index is 0.433. The Labute approximate surface area is 230 Å². The molecule has 0 aromatic heterocycles. The summed E-state index contributed by atoms with van der Waals surface area (Å²) in [6.07, 6.45) is 23.9. The quantitative estimate of drug-likeness (QED) is 0.293. The molecule has 0 amide bonds. The predicted octanol–water partition coefficient (Wildman–Crippen LogP) is 9.32. The highest BCUT2D eigenvalue weighted by Crippen LogP contribution is 2.38. The molecule has 3 heteroatoms. The van der Waals surface area contributed by atoms with Gasteiger partial charge >= 0.3 is 0 Å². The summed E-state index contributed by atoms with van der Waals surface area (Å²) < 4.78 is 0. The van der Waals surface area contributed by atoms with Crippen LogP contribution in [-0.2, 0) is 4.79 Å². The highest BCUT2D eigenvalue weighted by atomic mass is 16.1. The SMILES string of the molecule is CC1=C(/C)CC\C(C2=NCCC=C2/C2=C/C=C/CC(C)c3ccc(NCCC=O)cc32)=C/C=C\1.CCCC. The standard InChI is InChI=1S/C31H36N2O.C4H10/c1-22-10-6-11-25(15-14-23(22)2)31-29(13-7-18-33-31)28-12-5-4-9-24(3)27-17-16-26(21-30(27)28)32-19-8-20-34;1-3-4-2/h4-6,10-13,16-17,20-21,24,32H,7-9,14-15,18-19H2,1-3H3;3-4H2,1-2H3/b5-4+,10-6-,23-22+,25-11+,28-12-;. The number of anilines is 1. The van der Waals surface area contributed by atoms with Gasteiger partial charge in [-0.2, -0.15) is 0 Å². The molecule has 0 fully saturated rings. The van der Waals surface area contributed by atoms with E-state index in [1.807, 2.05) is 0 Å². The summed E-state index contributed by atoms with van der Waals surface area (Å²) in [5.74, 6) is 0.433. The average molecular weight is 511 g/mol. The Morgan fingerprint density at radius 2 is 1.87 bits per heavy atom. The van der Waals surface area contributed by atoms with Crippen LogP contribution >= 0.6 is 0 Å². The molecular formula is C35H46N2O. The molecule has 4 rings (SSSR count). The van der Waals surface area contributed by atoms with Gasteiger partial charge in [-0.1, -0.05) is 93.4 Å². The number of aldehydes is 1. The van der Waals surface area contributed by atoms with Gasteiger partial charge in [0.05, 0.1) is 5.71 Å². The van der Waals surface area contributed by atoms with Crippen LogP contribution in [0.25, 0.3) is 5.57 Å². The number of unbranched alkanes of at least 4 members (excludes halogenated alkanes) is 1. The lowest BCUT2D eigenvalue weighted by Gasteiger charge is -2.26. The molecule has 1 atom stereocenters. The average Bonchev–Trinajstić information content (AvgIpc) is 2.93. The van der Waals surface area contributed by atoms with E-state index >= 15 is 0 Å². The number of fused-ring (bicyclic) bond motifs is 1. The first-order chi connectivity index (χ1) is 18.5. The Bertz CT molecular complexity index is 1180. The third-order valence-corrected chi connectivity index (χ3v) is 7.54. The normalized spacial score (nSPS) is 25.6. The summed E-state index contributed by atoms with van der Waals surface area (Å²) in [5.41, 5.74) is 11.4. The molecule has 3 nitrogen and oxygen atoms in total. The number of nitrogens with one attached hydrogen (secondary N) is 1. The van der Waals surface area contributed by atoms with E-state index in [0.29, 0.717) is 18.9 Å². The Balaban J connectivity index is 0.000000934. The molecule has 0 saturated carbocycles. The van der Waals surface area contributed by atoms with Crippen LogP contribution < -0.4 is 5.32 Å². The van der Waals surface area contributed by atoms with Crippen LogP contribution in [0, 0.1) is 0 Å². The van der Waals surface area contributed by atoms with E-state index in [9.17, 15) is 4.79 Å². The van der Waals surface area contributed by atoms with E-state index in [-0.39, 0.29) is 0 Å². The fourth-order valence-electron chi connectivity index (χ4n) is 4.83. The van der Waals surface area contributed by atoms with E-state index in [1.165, 1.54) is 51.8 Å². The number of nitrogens with zero attached hydrogens (tertiary/aromatic N) is 1. The second kappa shape index (κ2) is 15.3. The lowest BCUT2D eigenvalue weighted by atomic mass is 9.81. The molecule has 0 bridgehead atoms. The van der Waals surface area contributed by atoms with Crippen molar-refractivity contribution in [1.29, 1.82) is 0 Å². The Kier molecular flexibility index (Phi) is 11.8. The number of benzene rings is 1. The van der Waals surface area contributed by atoms with Crippen molar-refractivity contribution in [1.82, 2.24) is 0 Å². The molecule has 1 aliphatic heterocycles. The molecule has 1 heterocycles. The maximum atomic E-state index is 10.8. The zero-order chi connectivity index (χ0) is 27.3. The van der Waals surface area contributed by atoms with Crippen LogP contribution in [0.15, 0.2) is 88.0 Å². The van der Waals surface area contributed by atoms with Crippen molar-refractivity contribution >= 4 is 23.3 Å². The van der Waals surface area contributed by atoms with Gasteiger partial charge in [-0.05, 0) is 79.9 Å². The Morgan fingerprint density at radius 3 is 2.63 bits per heavy atom. The second-order valence-corrected chi connectivity index (χ2v) is 10.5. The highest BCUT2D eigenvalue weighted by Gasteiger charge is 2.24. The minimum Gasteiger partial charge on any atom is -0.385 e. The van der Waals surface area contributed by atoms with Gasteiger partial charge in [0.2, 0.25) is 0 Å².